The van der Waals surface area contributed by atoms with Crippen molar-refractivity contribution in [1.82, 2.24) is 5.43 Å². The van der Waals surface area contributed by atoms with Gasteiger partial charge in [0.2, 0.25) is 0 Å². The van der Waals surface area contributed by atoms with E-state index in [2.05, 4.69) is 28.3 Å². The van der Waals surface area contributed by atoms with Crippen LogP contribution in [-0.4, -0.2) is 0 Å². The van der Waals surface area contributed by atoms with E-state index in [0.29, 0.717) is 5.56 Å². The number of hydrazine groups is 1. The first kappa shape index (κ1) is 13.6. The standard InChI is InChI=1S/C12H18BrFN2/c1-2-3-4-8-11(16-15)12-9(13)6-5-7-10(12)14/h5-7,11,16H,2-4,8,15H2,1H3. The van der Waals surface area contributed by atoms with Gasteiger partial charge in [0.1, 0.15) is 5.82 Å². The van der Waals surface area contributed by atoms with Crippen LogP contribution in [0, 0.1) is 5.82 Å². The maximum absolute atomic E-state index is 13.7. The van der Waals surface area contributed by atoms with E-state index in [4.69, 9.17) is 5.84 Å². The van der Waals surface area contributed by atoms with Gasteiger partial charge in [-0.2, -0.15) is 0 Å². The van der Waals surface area contributed by atoms with Gasteiger partial charge in [-0.3, -0.25) is 11.3 Å². The third-order valence-corrected chi connectivity index (χ3v) is 3.34. The second-order valence-corrected chi connectivity index (χ2v) is 4.70. The van der Waals surface area contributed by atoms with E-state index < -0.39 is 0 Å². The van der Waals surface area contributed by atoms with Crippen molar-refractivity contribution in [3.05, 3.63) is 34.1 Å². The Labute approximate surface area is 105 Å². The Morgan fingerprint density at radius 2 is 2.19 bits per heavy atom. The van der Waals surface area contributed by atoms with E-state index in [9.17, 15) is 4.39 Å². The number of unbranched alkanes of at least 4 members (excludes halogenated alkanes) is 2. The van der Waals surface area contributed by atoms with Gasteiger partial charge in [0.05, 0.1) is 0 Å². The molecular formula is C12H18BrFN2. The van der Waals surface area contributed by atoms with Gasteiger partial charge in [0.15, 0.2) is 0 Å². The fourth-order valence-electron chi connectivity index (χ4n) is 1.75. The minimum Gasteiger partial charge on any atom is -0.271 e. The first-order valence-electron chi connectivity index (χ1n) is 5.60. The normalized spacial score (nSPS) is 12.8. The third kappa shape index (κ3) is 3.54. The van der Waals surface area contributed by atoms with Crippen molar-refractivity contribution in [1.29, 1.82) is 0 Å². The van der Waals surface area contributed by atoms with E-state index in [1.165, 1.54) is 6.07 Å². The smallest absolute Gasteiger partial charge is 0.129 e. The summed E-state index contributed by atoms with van der Waals surface area (Å²) >= 11 is 3.36. The Morgan fingerprint density at radius 1 is 1.44 bits per heavy atom. The van der Waals surface area contributed by atoms with Crippen molar-refractivity contribution in [2.45, 2.75) is 38.6 Å². The van der Waals surface area contributed by atoms with Crippen molar-refractivity contribution < 1.29 is 4.39 Å². The molecule has 1 atom stereocenters. The summed E-state index contributed by atoms with van der Waals surface area (Å²) in [7, 11) is 0. The van der Waals surface area contributed by atoms with Crippen molar-refractivity contribution in [3.63, 3.8) is 0 Å². The lowest BCUT2D eigenvalue weighted by Gasteiger charge is -2.18. The summed E-state index contributed by atoms with van der Waals surface area (Å²) in [5, 5.41) is 0. The number of nitrogens with two attached hydrogens (primary N) is 1. The monoisotopic (exact) mass is 288 g/mol. The predicted octanol–water partition coefficient (Wildman–Crippen LogP) is 3.67. The average molecular weight is 289 g/mol. The van der Waals surface area contributed by atoms with Crippen LogP contribution in [0.1, 0.15) is 44.2 Å². The highest BCUT2D eigenvalue weighted by Crippen LogP contribution is 2.29. The first-order valence-corrected chi connectivity index (χ1v) is 6.40. The maximum Gasteiger partial charge on any atom is 0.129 e. The lowest BCUT2D eigenvalue weighted by Crippen LogP contribution is -2.29. The Balaban J connectivity index is 2.78. The molecule has 0 bridgehead atoms. The van der Waals surface area contributed by atoms with Gasteiger partial charge >= 0.3 is 0 Å². The number of benzene rings is 1. The molecule has 0 saturated heterocycles. The minimum atomic E-state index is -0.214. The van der Waals surface area contributed by atoms with E-state index >= 15 is 0 Å². The van der Waals surface area contributed by atoms with E-state index in [1.54, 1.807) is 6.07 Å². The largest absolute Gasteiger partial charge is 0.271 e. The zero-order chi connectivity index (χ0) is 12.0. The van der Waals surface area contributed by atoms with Gasteiger partial charge in [-0.25, -0.2) is 4.39 Å². The highest BCUT2D eigenvalue weighted by Gasteiger charge is 2.16. The molecule has 1 rings (SSSR count). The molecule has 0 aliphatic heterocycles. The number of halogens is 2. The van der Waals surface area contributed by atoms with Gasteiger partial charge in [-0.1, -0.05) is 48.2 Å². The molecule has 0 heterocycles. The van der Waals surface area contributed by atoms with Crippen LogP contribution in [0.2, 0.25) is 0 Å². The Kier molecular flexibility index (Phi) is 5.95. The molecule has 1 unspecified atom stereocenters. The summed E-state index contributed by atoms with van der Waals surface area (Å²) in [4.78, 5) is 0. The number of hydrogen-bond acceptors (Lipinski definition) is 2. The molecule has 2 nitrogen and oxygen atoms in total. The van der Waals surface area contributed by atoms with Crippen molar-refractivity contribution in [3.8, 4) is 0 Å². The molecule has 4 heteroatoms. The molecule has 0 aromatic heterocycles. The van der Waals surface area contributed by atoms with Crippen molar-refractivity contribution >= 4 is 15.9 Å². The van der Waals surface area contributed by atoms with Crippen LogP contribution in [0.5, 0.6) is 0 Å². The minimum absolute atomic E-state index is 0.123. The molecule has 0 fully saturated rings. The van der Waals surface area contributed by atoms with Gasteiger partial charge in [-0.05, 0) is 18.6 Å². The van der Waals surface area contributed by atoms with Crippen LogP contribution >= 0.6 is 15.9 Å². The van der Waals surface area contributed by atoms with Crippen LogP contribution in [0.25, 0.3) is 0 Å². The number of nitrogens with one attached hydrogen (secondary N) is 1. The summed E-state index contributed by atoms with van der Waals surface area (Å²) in [5.74, 6) is 5.27. The molecule has 0 aliphatic rings. The molecule has 0 amide bonds. The van der Waals surface area contributed by atoms with E-state index in [0.717, 1.165) is 30.2 Å². The second-order valence-electron chi connectivity index (χ2n) is 3.85. The van der Waals surface area contributed by atoms with Crippen LogP contribution < -0.4 is 11.3 Å². The lowest BCUT2D eigenvalue weighted by molar-refractivity contribution is 0.462. The molecule has 3 N–H and O–H groups in total. The quantitative estimate of drug-likeness (QED) is 0.476. The Morgan fingerprint density at radius 3 is 2.75 bits per heavy atom. The molecule has 0 radical (unpaired) electrons. The van der Waals surface area contributed by atoms with Crippen LogP contribution in [-0.2, 0) is 0 Å². The molecule has 90 valence electrons. The van der Waals surface area contributed by atoms with Gasteiger partial charge < -0.3 is 0 Å². The van der Waals surface area contributed by atoms with E-state index in [-0.39, 0.29) is 11.9 Å². The Hall–Kier alpha value is -0.450. The highest BCUT2D eigenvalue weighted by atomic mass is 79.9. The topological polar surface area (TPSA) is 38.0 Å². The molecule has 0 saturated carbocycles. The molecule has 1 aromatic carbocycles. The summed E-state index contributed by atoms with van der Waals surface area (Å²) in [6.07, 6.45) is 4.19. The number of hydrogen-bond donors (Lipinski definition) is 2. The SMILES string of the molecule is CCCCCC(NN)c1c(F)cccc1Br. The van der Waals surface area contributed by atoms with Gasteiger partial charge in [0.25, 0.3) is 0 Å². The fourth-order valence-corrected chi connectivity index (χ4v) is 2.37. The van der Waals surface area contributed by atoms with Gasteiger partial charge in [-0.15, -0.1) is 0 Å². The summed E-state index contributed by atoms with van der Waals surface area (Å²) < 4.78 is 14.4. The fraction of sp³-hybridized carbons (Fsp3) is 0.500. The van der Waals surface area contributed by atoms with Crippen LogP contribution in [0.3, 0.4) is 0 Å². The highest BCUT2D eigenvalue weighted by molar-refractivity contribution is 9.10. The van der Waals surface area contributed by atoms with E-state index in [1.807, 2.05) is 6.07 Å². The Bertz CT molecular complexity index is 311. The summed E-state index contributed by atoms with van der Waals surface area (Å²) in [6, 6.07) is 4.86. The first-order chi connectivity index (χ1) is 7.70. The van der Waals surface area contributed by atoms with Gasteiger partial charge in [0, 0.05) is 16.1 Å². The molecular weight excluding hydrogens is 271 g/mol. The average Bonchev–Trinajstić information content (AvgIpc) is 2.26. The zero-order valence-corrected chi connectivity index (χ0v) is 11.1. The molecule has 16 heavy (non-hydrogen) atoms. The van der Waals surface area contributed by atoms with Crippen LogP contribution in [0.15, 0.2) is 22.7 Å². The predicted molar refractivity (Wildman–Crippen MR) is 68.3 cm³/mol. The third-order valence-electron chi connectivity index (χ3n) is 2.65. The number of rotatable bonds is 6. The van der Waals surface area contributed by atoms with Crippen molar-refractivity contribution in [2.24, 2.45) is 5.84 Å². The maximum atomic E-state index is 13.7. The van der Waals surface area contributed by atoms with Crippen molar-refractivity contribution in [2.75, 3.05) is 0 Å². The molecule has 1 aromatic rings. The second kappa shape index (κ2) is 6.99. The zero-order valence-electron chi connectivity index (χ0n) is 9.47. The summed E-state index contributed by atoms with van der Waals surface area (Å²) in [6.45, 7) is 2.14. The lowest BCUT2D eigenvalue weighted by atomic mass is 10.0. The molecule has 0 spiro atoms. The molecule has 0 aliphatic carbocycles. The van der Waals surface area contributed by atoms with Crippen LogP contribution in [0.4, 0.5) is 4.39 Å². The summed E-state index contributed by atoms with van der Waals surface area (Å²) in [5.41, 5.74) is 3.31.